The SMILES string of the molecule is CN1CCN(CCc2nccs2)CC1. The molecule has 0 N–H and O–H groups in total. The highest BCUT2D eigenvalue weighted by Crippen LogP contribution is 2.06. The minimum absolute atomic E-state index is 1.11. The van der Waals surface area contributed by atoms with Crippen LogP contribution in [0.3, 0.4) is 0 Å². The zero-order valence-electron chi connectivity index (χ0n) is 8.65. The van der Waals surface area contributed by atoms with E-state index in [1.807, 2.05) is 6.20 Å². The van der Waals surface area contributed by atoms with Gasteiger partial charge in [0.2, 0.25) is 0 Å². The van der Waals surface area contributed by atoms with Gasteiger partial charge in [0.1, 0.15) is 0 Å². The smallest absolute Gasteiger partial charge is 0.0937 e. The highest BCUT2D eigenvalue weighted by Gasteiger charge is 2.13. The summed E-state index contributed by atoms with van der Waals surface area (Å²) in [6.45, 7) is 6.00. The van der Waals surface area contributed by atoms with E-state index in [2.05, 4.69) is 27.2 Å². The second-order valence-corrected chi connectivity index (χ2v) is 4.80. The van der Waals surface area contributed by atoms with Gasteiger partial charge in [-0.25, -0.2) is 4.98 Å². The average Bonchev–Trinajstić information content (AvgIpc) is 2.70. The van der Waals surface area contributed by atoms with Crippen molar-refractivity contribution in [1.29, 1.82) is 0 Å². The molecule has 0 radical (unpaired) electrons. The third-order valence-electron chi connectivity index (χ3n) is 2.72. The van der Waals surface area contributed by atoms with E-state index in [0.29, 0.717) is 0 Å². The maximum Gasteiger partial charge on any atom is 0.0937 e. The molecule has 0 bridgehead atoms. The Morgan fingerprint density at radius 3 is 2.79 bits per heavy atom. The summed E-state index contributed by atoms with van der Waals surface area (Å²) in [5.41, 5.74) is 0. The summed E-state index contributed by atoms with van der Waals surface area (Å²) in [5, 5.41) is 3.32. The summed E-state index contributed by atoms with van der Waals surface area (Å²) in [4.78, 5) is 9.21. The summed E-state index contributed by atoms with van der Waals surface area (Å²) in [5.74, 6) is 0. The monoisotopic (exact) mass is 211 g/mol. The van der Waals surface area contributed by atoms with Crippen molar-refractivity contribution < 1.29 is 0 Å². The third kappa shape index (κ3) is 2.77. The summed E-state index contributed by atoms with van der Waals surface area (Å²) in [6, 6.07) is 0. The Kier molecular flexibility index (Phi) is 3.50. The molecule has 14 heavy (non-hydrogen) atoms. The number of likely N-dealkylation sites (N-methyl/N-ethyl adjacent to an activating group) is 1. The first-order valence-electron chi connectivity index (χ1n) is 5.14. The highest BCUT2D eigenvalue weighted by molar-refractivity contribution is 7.09. The summed E-state index contributed by atoms with van der Waals surface area (Å²) in [6.07, 6.45) is 3.01. The lowest BCUT2D eigenvalue weighted by atomic mass is 10.3. The van der Waals surface area contributed by atoms with Crippen LogP contribution in [-0.4, -0.2) is 54.6 Å². The quantitative estimate of drug-likeness (QED) is 0.741. The van der Waals surface area contributed by atoms with Gasteiger partial charge in [-0.1, -0.05) is 0 Å². The first-order chi connectivity index (χ1) is 6.84. The van der Waals surface area contributed by atoms with Crippen LogP contribution >= 0.6 is 11.3 Å². The lowest BCUT2D eigenvalue weighted by molar-refractivity contribution is 0.155. The molecule has 1 aromatic heterocycles. The average molecular weight is 211 g/mol. The van der Waals surface area contributed by atoms with Crippen LogP contribution in [0.2, 0.25) is 0 Å². The number of rotatable bonds is 3. The van der Waals surface area contributed by atoms with E-state index < -0.39 is 0 Å². The molecule has 1 aliphatic heterocycles. The number of piperazine rings is 1. The van der Waals surface area contributed by atoms with E-state index >= 15 is 0 Å². The maximum absolute atomic E-state index is 4.30. The van der Waals surface area contributed by atoms with Crippen molar-refractivity contribution in [3.8, 4) is 0 Å². The molecule has 1 fully saturated rings. The van der Waals surface area contributed by atoms with Gasteiger partial charge in [-0.3, -0.25) is 0 Å². The molecule has 1 saturated heterocycles. The number of aromatic nitrogens is 1. The number of nitrogens with zero attached hydrogens (tertiary/aromatic N) is 3. The minimum Gasteiger partial charge on any atom is -0.304 e. The second kappa shape index (κ2) is 4.87. The van der Waals surface area contributed by atoms with Crippen LogP contribution in [0.4, 0.5) is 0 Å². The van der Waals surface area contributed by atoms with Crippen molar-refractivity contribution in [2.75, 3.05) is 39.8 Å². The molecular weight excluding hydrogens is 194 g/mol. The van der Waals surface area contributed by atoms with E-state index in [0.717, 1.165) is 6.42 Å². The molecule has 0 unspecified atom stereocenters. The fourth-order valence-electron chi connectivity index (χ4n) is 1.70. The molecule has 78 valence electrons. The third-order valence-corrected chi connectivity index (χ3v) is 3.56. The second-order valence-electron chi connectivity index (χ2n) is 3.82. The Morgan fingerprint density at radius 1 is 1.36 bits per heavy atom. The Balaban J connectivity index is 1.71. The molecule has 0 amide bonds. The zero-order chi connectivity index (χ0) is 9.80. The molecule has 1 aliphatic rings. The van der Waals surface area contributed by atoms with Crippen molar-refractivity contribution in [1.82, 2.24) is 14.8 Å². The summed E-state index contributed by atoms with van der Waals surface area (Å²) >= 11 is 1.76. The van der Waals surface area contributed by atoms with Crippen molar-refractivity contribution in [2.24, 2.45) is 0 Å². The van der Waals surface area contributed by atoms with E-state index in [1.54, 1.807) is 11.3 Å². The number of hydrogen-bond acceptors (Lipinski definition) is 4. The van der Waals surface area contributed by atoms with Gasteiger partial charge in [0.15, 0.2) is 0 Å². The van der Waals surface area contributed by atoms with Gasteiger partial charge in [-0.15, -0.1) is 11.3 Å². The highest BCUT2D eigenvalue weighted by atomic mass is 32.1. The topological polar surface area (TPSA) is 19.4 Å². The first kappa shape index (κ1) is 10.1. The Morgan fingerprint density at radius 2 is 2.14 bits per heavy atom. The van der Waals surface area contributed by atoms with Crippen LogP contribution in [0.15, 0.2) is 11.6 Å². The van der Waals surface area contributed by atoms with Crippen LogP contribution in [0, 0.1) is 0 Å². The van der Waals surface area contributed by atoms with Crippen LogP contribution in [0.5, 0.6) is 0 Å². The molecule has 0 saturated carbocycles. The molecule has 4 heteroatoms. The summed E-state index contributed by atoms with van der Waals surface area (Å²) in [7, 11) is 2.19. The van der Waals surface area contributed by atoms with Crippen molar-refractivity contribution in [3.63, 3.8) is 0 Å². The van der Waals surface area contributed by atoms with Gasteiger partial charge >= 0.3 is 0 Å². The first-order valence-corrected chi connectivity index (χ1v) is 6.02. The molecular formula is C10H17N3S. The normalized spacial score (nSPS) is 20.1. The summed E-state index contributed by atoms with van der Waals surface area (Å²) < 4.78 is 0. The van der Waals surface area contributed by atoms with Crippen LogP contribution in [-0.2, 0) is 6.42 Å². The molecule has 0 spiro atoms. The Hall–Kier alpha value is -0.450. The molecule has 0 atom stereocenters. The number of thiazole rings is 1. The fourth-order valence-corrected chi connectivity index (χ4v) is 2.31. The molecule has 1 aromatic rings. The molecule has 0 aromatic carbocycles. The minimum atomic E-state index is 1.11. The van der Waals surface area contributed by atoms with Crippen LogP contribution in [0.1, 0.15) is 5.01 Å². The van der Waals surface area contributed by atoms with E-state index in [4.69, 9.17) is 0 Å². The Labute approximate surface area is 89.4 Å². The van der Waals surface area contributed by atoms with E-state index in [9.17, 15) is 0 Å². The predicted octanol–water partition coefficient (Wildman–Crippen LogP) is 0.933. The van der Waals surface area contributed by atoms with Gasteiger partial charge in [0.05, 0.1) is 5.01 Å². The van der Waals surface area contributed by atoms with Crippen molar-refractivity contribution >= 4 is 11.3 Å². The van der Waals surface area contributed by atoms with Gasteiger partial charge in [0, 0.05) is 50.7 Å². The van der Waals surface area contributed by atoms with Crippen LogP contribution in [0.25, 0.3) is 0 Å². The standard InChI is InChI=1S/C10H17N3S/c1-12-5-7-13(8-6-12)4-2-10-11-3-9-14-10/h3,9H,2,4-8H2,1H3. The van der Waals surface area contributed by atoms with Crippen molar-refractivity contribution in [2.45, 2.75) is 6.42 Å². The molecule has 2 rings (SSSR count). The van der Waals surface area contributed by atoms with E-state index in [1.165, 1.54) is 37.7 Å². The lowest BCUT2D eigenvalue weighted by Crippen LogP contribution is -2.45. The molecule has 2 heterocycles. The Bertz CT molecular complexity index is 252. The van der Waals surface area contributed by atoms with Crippen LogP contribution < -0.4 is 0 Å². The van der Waals surface area contributed by atoms with Gasteiger partial charge in [-0.05, 0) is 7.05 Å². The molecule has 0 aliphatic carbocycles. The van der Waals surface area contributed by atoms with Gasteiger partial charge in [0.25, 0.3) is 0 Å². The number of hydrogen-bond donors (Lipinski definition) is 0. The largest absolute Gasteiger partial charge is 0.304 e. The zero-order valence-corrected chi connectivity index (χ0v) is 9.46. The van der Waals surface area contributed by atoms with Gasteiger partial charge in [-0.2, -0.15) is 0 Å². The molecule has 3 nitrogen and oxygen atoms in total. The van der Waals surface area contributed by atoms with Gasteiger partial charge < -0.3 is 9.80 Å². The predicted molar refractivity (Wildman–Crippen MR) is 59.8 cm³/mol. The van der Waals surface area contributed by atoms with E-state index in [-0.39, 0.29) is 0 Å². The van der Waals surface area contributed by atoms with Crippen molar-refractivity contribution in [3.05, 3.63) is 16.6 Å². The lowest BCUT2D eigenvalue weighted by Gasteiger charge is -2.32. The fraction of sp³-hybridized carbons (Fsp3) is 0.700. The maximum atomic E-state index is 4.30.